The lowest BCUT2D eigenvalue weighted by Crippen LogP contribution is -2.10. The van der Waals surface area contributed by atoms with Crippen LogP contribution in [-0.2, 0) is 4.79 Å². The van der Waals surface area contributed by atoms with Gasteiger partial charge in [0.15, 0.2) is 5.16 Å². The van der Waals surface area contributed by atoms with Gasteiger partial charge in [-0.05, 0) is 12.1 Å². The Balaban J connectivity index is 1.99. The molecule has 0 unspecified atom stereocenters. The first-order chi connectivity index (χ1) is 8.75. The normalized spacial score (nSPS) is 11.3. The number of hydrogen-bond acceptors (Lipinski definition) is 5. The zero-order valence-electron chi connectivity index (χ0n) is 9.37. The van der Waals surface area contributed by atoms with E-state index in [2.05, 4.69) is 16.3 Å². The Morgan fingerprint density at radius 3 is 3.06 bits per heavy atom. The molecule has 0 fully saturated rings. The highest BCUT2D eigenvalue weighted by molar-refractivity contribution is 7.99. The van der Waals surface area contributed by atoms with E-state index in [0.29, 0.717) is 12.2 Å². The van der Waals surface area contributed by atoms with Crippen molar-refractivity contribution in [3.8, 4) is 0 Å². The smallest absolute Gasteiger partial charge is 0.218 e. The van der Waals surface area contributed by atoms with Crippen molar-refractivity contribution in [3.05, 3.63) is 24.3 Å². The van der Waals surface area contributed by atoms with E-state index >= 15 is 0 Å². The van der Waals surface area contributed by atoms with Gasteiger partial charge in [-0.15, -0.1) is 10.2 Å². The molecule has 2 N–H and O–H groups in total. The fourth-order valence-electron chi connectivity index (χ4n) is 1.69. The predicted molar refractivity (Wildman–Crippen MR) is 72.9 cm³/mol. The first-order valence-electron chi connectivity index (χ1n) is 5.39. The van der Waals surface area contributed by atoms with Gasteiger partial charge < -0.3 is 5.73 Å². The fraction of sp³-hybridized carbons (Fsp3) is 0.182. The van der Waals surface area contributed by atoms with Gasteiger partial charge in [0.25, 0.3) is 0 Å². The molecule has 3 rings (SSSR count). The van der Waals surface area contributed by atoms with Gasteiger partial charge >= 0.3 is 0 Å². The zero-order chi connectivity index (χ0) is 12.5. The highest BCUT2D eigenvalue weighted by Crippen LogP contribution is 2.29. The van der Waals surface area contributed by atoms with Crippen LogP contribution in [0.2, 0.25) is 0 Å². The molecule has 5 nitrogen and oxygen atoms in total. The summed E-state index contributed by atoms with van der Waals surface area (Å²) < 4.78 is 3.20. The van der Waals surface area contributed by atoms with Gasteiger partial charge in [0.05, 0.1) is 10.2 Å². The van der Waals surface area contributed by atoms with Crippen molar-refractivity contribution in [1.29, 1.82) is 0 Å². The lowest BCUT2D eigenvalue weighted by Gasteiger charge is -1.97. The van der Waals surface area contributed by atoms with Gasteiger partial charge in [0.1, 0.15) is 0 Å². The molecule has 3 aromatic rings. The molecule has 2 heterocycles. The van der Waals surface area contributed by atoms with E-state index in [0.717, 1.165) is 15.6 Å². The van der Waals surface area contributed by atoms with Crippen LogP contribution in [-0.4, -0.2) is 26.3 Å². The summed E-state index contributed by atoms with van der Waals surface area (Å²) in [5, 5.41) is 9.09. The Kier molecular flexibility index (Phi) is 2.92. The molecule has 0 bridgehead atoms. The van der Waals surface area contributed by atoms with Crippen molar-refractivity contribution < 1.29 is 4.79 Å². The molecule has 18 heavy (non-hydrogen) atoms. The Morgan fingerprint density at radius 2 is 2.22 bits per heavy atom. The van der Waals surface area contributed by atoms with E-state index in [-0.39, 0.29) is 5.91 Å². The SMILES string of the molecule is NC(=O)CCSc1nnc2sc3ccccc3n12. The maximum atomic E-state index is 10.7. The number of nitrogens with two attached hydrogens (primary N) is 1. The highest BCUT2D eigenvalue weighted by atomic mass is 32.2. The molecular formula is C11H10N4OS2. The highest BCUT2D eigenvalue weighted by Gasteiger charge is 2.12. The maximum absolute atomic E-state index is 10.7. The molecule has 0 aliphatic carbocycles. The van der Waals surface area contributed by atoms with Crippen LogP contribution in [0.5, 0.6) is 0 Å². The molecule has 0 saturated heterocycles. The quantitative estimate of drug-likeness (QED) is 0.740. The molecule has 0 saturated carbocycles. The molecule has 0 aliphatic heterocycles. The minimum Gasteiger partial charge on any atom is -0.370 e. The molecule has 2 aromatic heterocycles. The van der Waals surface area contributed by atoms with Crippen LogP contribution in [0.15, 0.2) is 29.4 Å². The second kappa shape index (κ2) is 4.58. The summed E-state index contributed by atoms with van der Waals surface area (Å²) in [7, 11) is 0. The number of nitrogens with zero attached hydrogens (tertiary/aromatic N) is 3. The van der Waals surface area contributed by atoms with Crippen LogP contribution in [0.3, 0.4) is 0 Å². The number of thioether (sulfide) groups is 1. The largest absolute Gasteiger partial charge is 0.370 e. The van der Waals surface area contributed by atoms with Crippen LogP contribution >= 0.6 is 23.1 Å². The van der Waals surface area contributed by atoms with Crippen molar-refractivity contribution in [1.82, 2.24) is 14.6 Å². The number of carbonyl (C=O) groups is 1. The summed E-state index contributed by atoms with van der Waals surface area (Å²) >= 11 is 3.11. The zero-order valence-corrected chi connectivity index (χ0v) is 11.0. The van der Waals surface area contributed by atoms with Gasteiger partial charge in [0.2, 0.25) is 10.9 Å². The number of amides is 1. The molecule has 0 spiro atoms. The molecule has 1 aromatic carbocycles. The van der Waals surface area contributed by atoms with E-state index in [4.69, 9.17) is 5.73 Å². The second-order valence-corrected chi connectivity index (χ2v) is 5.81. The standard InChI is InChI=1S/C11H10N4OS2/c12-9(16)5-6-17-10-13-14-11-15(10)7-3-1-2-4-8(7)18-11/h1-4H,5-6H2,(H2,12,16). The third-order valence-corrected chi connectivity index (χ3v) is 4.43. The Morgan fingerprint density at radius 1 is 1.39 bits per heavy atom. The third kappa shape index (κ3) is 1.95. The number of primary amides is 1. The summed E-state index contributed by atoms with van der Waals surface area (Å²) in [5.41, 5.74) is 6.22. The van der Waals surface area contributed by atoms with Crippen LogP contribution in [0.1, 0.15) is 6.42 Å². The van der Waals surface area contributed by atoms with Gasteiger partial charge in [-0.25, -0.2) is 0 Å². The molecule has 0 aliphatic rings. The van der Waals surface area contributed by atoms with Crippen molar-refractivity contribution in [2.75, 3.05) is 5.75 Å². The predicted octanol–water partition coefficient (Wildman–Crippen LogP) is 1.91. The Hall–Kier alpha value is -1.60. The monoisotopic (exact) mass is 278 g/mol. The molecule has 92 valence electrons. The van der Waals surface area contributed by atoms with E-state index in [1.807, 2.05) is 22.6 Å². The van der Waals surface area contributed by atoms with Crippen LogP contribution in [0.25, 0.3) is 15.2 Å². The topological polar surface area (TPSA) is 73.3 Å². The number of hydrogen-bond donors (Lipinski definition) is 1. The van der Waals surface area contributed by atoms with Crippen LogP contribution in [0, 0.1) is 0 Å². The van der Waals surface area contributed by atoms with Crippen molar-refractivity contribution in [2.45, 2.75) is 11.6 Å². The summed E-state index contributed by atoms with van der Waals surface area (Å²) in [4.78, 5) is 11.6. The third-order valence-electron chi connectivity index (χ3n) is 2.49. The number of thiazole rings is 1. The number of rotatable bonds is 4. The first-order valence-corrected chi connectivity index (χ1v) is 7.19. The lowest BCUT2D eigenvalue weighted by atomic mass is 10.3. The lowest BCUT2D eigenvalue weighted by molar-refractivity contribution is -0.117. The van der Waals surface area contributed by atoms with Gasteiger partial charge in [-0.2, -0.15) is 0 Å². The molecule has 1 amide bonds. The fourth-order valence-corrected chi connectivity index (χ4v) is 3.61. The maximum Gasteiger partial charge on any atom is 0.218 e. The molecule has 7 heteroatoms. The number of para-hydroxylation sites is 1. The second-order valence-electron chi connectivity index (χ2n) is 3.74. The van der Waals surface area contributed by atoms with E-state index in [1.165, 1.54) is 16.5 Å². The number of carbonyl (C=O) groups excluding carboxylic acids is 1. The summed E-state index contributed by atoms with van der Waals surface area (Å²) in [5.74, 6) is 0.332. The summed E-state index contributed by atoms with van der Waals surface area (Å²) in [6.45, 7) is 0. The van der Waals surface area contributed by atoms with Crippen molar-refractivity contribution in [3.63, 3.8) is 0 Å². The van der Waals surface area contributed by atoms with Crippen molar-refractivity contribution in [2.24, 2.45) is 5.73 Å². The number of benzene rings is 1. The molecule has 0 radical (unpaired) electrons. The van der Waals surface area contributed by atoms with Crippen LogP contribution < -0.4 is 5.73 Å². The summed E-state index contributed by atoms with van der Waals surface area (Å²) in [6.07, 6.45) is 0.349. The van der Waals surface area contributed by atoms with Gasteiger partial charge in [-0.3, -0.25) is 9.20 Å². The van der Waals surface area contributed by atoms with E-state index < -0.39 is 0 Å². The summed E-state index contributed by atoms with van der Waals surface area (Å²) in [6, 6.07) is 8.10. The number of fused-ring (bicyclic) bond motifs is 3. The van der Waals surface area contributed by atoms with E-state index in [9.17, 15) is 4.79 Å². The molecular weight excluding hydrogens is 268 g/mol. The van der Waals surface area contributed by atoms with Gasteiger partial charge in [0, 0.05) is 12.2 Å². The first kappa shape index (κ1) is 11.5. The van der Waals surface area contributed by atoms with E-state index in [1.54, 1.807) is 11.3 Å². The Bertz CT molecular complexity index is 718. The minimum atomic E-state index is -0.293. The average molecular weight is 278 g/mol. The average Bonchev–Trinajstić information content (AvgIpc) is 2.88. The minimum absolute atomic E-state index is 0.293. The molecule has 0 atom stereocenters. The van der Waals surface area contributed by atoms with Crippen LogP contribution in [0.4, 0.5) is 0 Å². The van der Waals surface area contributed by atoms with Crippen molar-refractivity contribution >= 4 is 44.2 Å². The van der Waals surface area contributed by atoms with Gasteiger partial charge in [-0.1, -0.05) is 35.2 Å². The number of aromatic nitrogens is 3. The Labute approximate surface area is 111 Å².